The molecule has 144 valence electrons. The zero-order valence-electron chi connectivity index (χ0n) is 15.4. The number of aromatic nitrogens is 4. The average Bonchev–Trinajstić information content (AvgIpc) is 3.28. The van der Waals surface area contributed by atoms with E-state index in [1.807, 2.05) is 0 Å². The van der Waals surface area contributed by atoms with Crippen molar-refractivity contribution in [2.24, 2.45) is 13.0 Å². The predicted molar refractivity (Wildman–Crippen MR) is 95.2 cm³/mol. The van der Waals surface area contributed by atoms with Crippen LogP contribution in [0.3, 0.4) is 0 Å². The fourth-order valence-corrected chi connectivity index (χ4v) is 3.43. The highest BCUT2D eigenvalue weighted by atomic mass is 16.5. The Bertz CT molecular complexity index is 825. The molecule has 1 aliphatic heterocycles. The SMILES string of the molecule is Cn1ccnc1C(=O)C1CCCN(C(=O)NCCc2nc(C3CC3)no2)C1. The third-order valence-electron chi connectivity index (χ3n) is 5.16. The first-order valence-electron chi connectivity index (χ1n) is 9.48. The van der Waals surface area contributed by atoms with Crippen LogP contribution in [0.25, 0.3) is 0 Å². The summed E-state index contributed by atoms with van der Waals surface area (Å²) in [4.78, 5) is 35.3. The molecule has 27 heavy (non-hydrogen) atoms. The van der Waals surface area contributed by atoms with Crippen LogP contribution in [0.5, 0.6) is 0 Å². The van der Waals surface area contributed by atoms with Gasteiger partial charge in [0.05, 0.1) is 0 Å². The molecule has 1 aliphatic carbocycles. The van der Waals surface area contributed by atoms with E-state index in [4.69, 9.17) is 4.52 Å². The van der Waals surface area contributed by atoms with Crippen molar-refractivity contribution in [3.63, 3.8) is 0 Å². The molecule has 2 aliphatic rings. The summed E-state index contributed by atoms with van der Waals surface area (Å²) in [6.45, 7) is 1.51. The van der Waals surface area contributed by atoms with Crippen molar-refractivity contribution in [3.8, 4) is 0 Å². The lowest BCUT2D eigenvalue weighted by Gasteiger charge is -2.31. The van der Waals surface area contributed by atoms with Crippen LogP contribution in [0.1, 0.15) is 53.9 Å². The number of rotatable bonds is 6. The lowest BCUT2D eigenvalue weighted by atomic mass is 9.93. The van der Waals surface area contributed by atoms with Crippen LogP contribution in [0.4, 0.5) is 4.79 Å². The lowest BCUT2D eigenvalue weighted by Crippen LogP contribution is -2.47. The normalized spacial score (nSPS) is 19.9. The molecule has 1 unspecified atom stereocenters. The first-order valence-corrected chi connectivity index (χ1v) is 9.48. The van der Waals surface area contributed by atoms with Gasteiger partial charge in [-0.05, 0) is 25.7 Å². The minimum absolute atomic E-state index is 0.00142. The Hall–Kier alpha value is -2.71. The van der Waals surface area contributed by atoms with Crippen LogP contribution in [-0.4, -0.2) is 56.0 Å². The van der Waals surface area contributed by atoms with E-state index >= 15 is 0 Å². The largest absolute Gasteiger partial charge is 0.339 e. The molecule has 0 radical (unpaired) electrons. The van der Waals surface area contributed by atoms with Crippen molar-refractivity contribution < 1.29 is 14.1 Å². The zero-order chi connectivity index (χ0) is 18.8. The molecule has 1 N–H and O–H groups in total. The van der Waals surface area contributed by atoms with Crippen molar-refractivity contribution in [3.05, 3.63) is 29.9 Å². The first kappa shape index (κ1) is 17.7. The third kappa shape index (κ3) is 4.01. The van der Waals surface area contributed by atoms with Crippen molar-refractivity contribution in [2.45, 2.75) is 38.0 Å². The molecule has 2 aromatic heterocycles. The number of amides is 2. The van der Waals surface area contributed by atoms with E-state index in [1.165, 1.54) is 0 Å². The van der Waals surface area contributed by atoms with Crippen LogP contribution in [0.2, 0.25) is 0 Å². The van der Waals surface area contributed by atoms with E-state index in [1.54, 1.807) is 28.9 Å². The molecule has 9 heteroatoms. The zero-order valence-corrected chi connectivity index (χ0v) is 15.4. The van der Waals surface area contributed by atoms with Crippen LogP contribution in [-0.2, 0) is 13.5 Å². The highest BCUT2D eigenvalue weighted by Crippen LogP contribution is 2.38. The molecule has 1 saturated carbocycles. The van der Waals surface area contributed by atoms with Crippen LogP contribution in [0.15, 0.2) is 16.9 Å². The summed E-state index contributed by atoms with van der Waals surface area (Å²) < 4.78 is 6.94. The highest BCUT2D eigenvalue weighted by Gasteiger charge is 2.31. The van der Waals surface area contributed by atoms with E-state index in [2.05, 4.69) is 20.4 Å². The van der Waals surface area contributed by atoms with Gasteiger partial charge in [0.15, 0.2) is 11.6 Å². The van der Waals surface area contributed by atoms with Gasteiger partial charge in [0, 0.05) is 57.3 Å². The van der Waals surface area contributed by atoms with Crippen LogP contribution < -0.4 is 5.32 Å². The molecule has 2 amide bonds. The van der Waals surface area contributed by atoms with Crippen molar-refractivity contribution in [1.29, 1.82) is 0 Å². The number of carbonyl (C=O) groups is 2. The molecular formula is C18H24N6O3. The lowest BCUT2D eigenvalue weighted by molar-refractivity contribution is 0.0832. The number of nitrogens with zero attached hydrogens (tertiary/aromatic N) is 5. The van der Waals surface area contributed by atoms with Gasteiger partial charge in [-0.1, -0.05) is 5.16 Å². The number of likely N-dealkylation sites (tertiary alicyclic amines) is 1. The second-order valence-electron chi connectivity index (χ2n) is 7.31. The van der Waals surface area contributed by atoms with Gasteiger partial charge in [-0.2, -0.15) is 4.98 Å². The fraction of sp³-hybridized carbons (Fsp3) is 0.611. The van der Waals surface area contributed by atoms with E-state index in [0.29, 0.717) is 43.7 Å². The number of hydrogen-bond donors (Lipinski definition) is 1. The Kier molecular flexibility index (Phi) is 4.91. The van der Waals surface area contributed by atoms with Crippen molar-refractivity contribution in [1.82, 2.24) is 29.9 Å². The number of Topliss-reactive ketones (excluding diaryl/α,β-unsaturated/α-hetero) is 1. The molecule has 0 aromatic carbocycles. The quantitative estimate of drug-likeness (QED) is 0.771. The average molecular weight is 372 g/mol. The number of imidazole rings is 1. The first-order chi connectivity index (χ1) is 13.1. The molecule has 2 fully saturated rings. The maximum absolute atomic E-state index is 12.6. The number of nitrogens with one attached hydrogen (secondary N) is 1. The van der Waals surface area contributed by atoms with Gasteiger partial charge in [0.25, 0.3) is 0 Å². The summed E-state index contributed by atoms with van der Waals surface area (Å²) in [6, 6.07) is -0.158. The van der Waals surface area contributed by atoms with E-state index < -0.39 is 0 Å². The molecular weight excluding hydrogens is 348 g/mol. The molecule has 1 saturated heterocycles. The van der Waals surface area contributed by atoms with Crippen LogP contribution >= 0.6 is 0 Å². The van der Waals surface area contributed by atoms with Gasteiger partial charge in [-0.15, -0.1) is 0 Å². The fourth-order valence-electron chi connectivity index (χ4n) is 3.43. The molecule has 1 atom stereocenters. The smallest absolute Gasteiger partial charge is 0.317 e. The maximum atomic E-state index is 12.6. The molecule has 9 nitrogen and oxygen atoms in total. The van der Waals surface area contributed by atoms with Gasteiger partial charge in [0.1, 0.15) is 0 Å². The summed E-state index contributed by atoms with van der Waals surface area (Å²) in [5.41, 5.74) is 0. The monoisotopic (exact) mass is 372 g/mol. The number of carbonyl (C=O) groups excluding carboxylic acids is 2. The highest BCUT2D eigenvalue weighted by molar-refractivity contribution is 5.95. The summed E-state index contributed by atoms with van der Waals surface area (Å²) in [5, 5.41) is 6.86. The van der Waals surface area contributed by atoms with E-state index in [0.717, 1.165) is 31.5 Å². The topological polar surface area (TPSA) is 106 Å². The Balaban J connectivity index is 1.26. The third-order valence-corrected chi connectivity index (χ3v) is 5.16. The number of ketones is 1. The summed E-state index contributed by atoms with van der Waals surface area (Å²) in [5.74, 6) is 2.03. The summed E-state index contributed by atoms with van der Waals surface area (Å²) >= 11 is 0. The molecule has 3 heterocycles. The summed E-state index contributed by atoms with van der Waals surface area (Å²) in [6.07, 6.45) is 7.73. The minimum atomic E-state index is -0.206. The number of aryl methyl sites for hydroxylation is 1. The van der Waals surface area contributed by atoms with Gasteiger partial charge < -0.3 is 19.3 Å². The second kappa shape index (κ2) is 7.50. The number of urea groups is 1. The van der Waals surface area contributed by atoms with Crippen LogP contribution in [0, 0.1) is 5.92 Å². The predicted octanol–water partition coefficient (Wildman–Crippen LogP) is 1.53. The summed E-state index contributed by atoms with van der Waals surface area (Å²) in [7, 11) is 1.81. The second-order valence-corrected chi connectivity index (χ2v) is 7.31. The van der Waals surface area contributed by atoms with Gasteiger partial charge in [0.2, 0.25) is 11.7 Å². The maximum Gasteiger partial charge on any atom is 0.317 e. The van der Waals surface area contributed by atoms with E-state index in [-0.39, 0.29) is 17.7 Å². The van der Waals surface area contributed by atoms with Gasteiger partial charge in [-0.25, -0.2) is 9.78 Å². The molecule has 0 spiro atoms. The van der Waals surface area contributed by atoms with Crippen molar-refractivity contribution in [2.75, 3.05) is 19.6 Å². The molecule has 4 rings (SSSR count). The van der Waals surface area contributed by atoms with Gasteiger partial charge in [-0.3, -0.25) is 4.79 Å². The Morgan fingerprint density at radius 3 is 2.93 bits per heavy atom. The Morgan fingerprint density at radius 2 is 2.19 bits per heavy atom. The minimum Gasteiger partial charge on any atom is -0.339 e. The molecule has 2 aromatic rings. The number of piperidine rings is 1. The molecule has 0 bridgehead atoms. The Morgan fingerprint density at radius 1 is 1.33 bits per heavy atom. The standard InChI is InChI=1S/C18H24N6O3/c1-23-10-8-19-17(23)15(25)13-3-2-9-24(11-13)18(26)20-7-6-14-21-16(22-27-14)12-4-5-12/h8,10,12-13H,2-7,9,11H2,1H3,(H,20,26). The number of hydrogen-bond acceptors (Lipinski definition) is 6. The van der Waals surface area contributed by atoms with E-state index in [9.17, 15) is 9.59 Å². The Labute approximate surface area is 157 Å². The van der Waals surface area contributed by atoms with Crippen molar-refractivity contribution >= 4 is 11.8 Å². The van der Waals surface area contributed by atoms with Gasteiger partial charge >= 0.3 is 6.03 Å².